The predicted octanol–water partition coefficient (Wildman–Crippen LogP) is 3.33. The Morgan fingerprint density at radius 3 is 2.14 bits per heavy atom. The van der Waals surface area contributed by atoms with Crippen LogP contribution in [0.15, 0.2) is 52.3 Å². The van der Waals surface area contributed by atoms with E-state index in [9.17, 15) is 13.2 Å². The van der Waals surface area contributed by atoms with Crippen LogP contribution in [0.5, 0.6) is 0 Å². The van der Waals surface area contributed by atoms with E-state index in [2.05, 4.69) is 0 Å². The number of hydrogen-bond donors (Lipinski definition) is 0. The highest BCUT2D eigenvalue weighted by atomic mass is 32.2. The number of hydrogen-bond acceptors (Lipinski definition) is 3. The molecule has 0 unspecified atom stereocenters. The fourth-order valence-corrected chi connectivity index (χ4v) is 3.48. The van der Waals surface area contributed by atoms with Gasteiger partial charge in [-0.15, -0.1) is 0 Å². The Kier molecular flexibility index (Phi) is 4.56. The monoisotopic (exact) mass is 319 g/mol. The molecule has 0 fully saturated rings. The van der Waals surface area contributed by atoms with Gasteiger partial charge in [0.25, 0.3) is 15.6 Å². The summed E-state index contributed by atoms with van der Waals surface area (Å²) in [6, 6.07) is 9.73. The van der Waals surface area contributed by atoms with Gasteiger partial charge in [-0.05, 0) is 35.1 Å². The maximum atomic E-state index is 12.8. The summed E-state index contributed by atoms with van der Waals surface area (Å²) in [6.07, 6.45) is 1.42. The summed E-state index contributed by atoms with van der Waals surface area (Å²) < 4.78 is 26.4. The lowest BCUT2D eigenvalue weighted by Crippen LogP contribution is -2.27. The van der Waals surface area contributed by atoms with Gasteiger partial charge in [-0.2, -0.15) is 0 Å². The summed E-state index contributed by atoms with van der Waals surface area (Å²) in [5.41, 5.74) is 1.19. The molecule has 2 aromatic rings. The summed E-state index contributed by atoms with van der Waals surface area (Å²) in [4.78, 5) is 12.2. The molecule has 0 aliphatic carbocycles. The number of pyridine rings is 1. The van der Waals surface area contributed by atoms with Crippen molar-refractivity contribution in [1.82, 2.24) is 3.97 Å². The molecule has 0 aliphatic heterocycles. The first kappa shape index (κ1) is 16.5. The lowest BCUT2D eigenvalue weighted by molar-refractivity contribution is 0.584. The molecule has 0 bridgehead atoms. The highest BCUT2D eigenvalue weighted by Gasteiger charge is 2.19. The van der Waals surface area contributed by atoms with E-state index >= 15 is 0 Å². The van der Waals surface area contributed by atoms with E-state index in [0.29, 0.717) is 0 Å². The average Bonchev–Trinajstić information content (AvgIpc) is 2.47. The van der Waals surface area contributed by atoms with Crippen LogP contribution in [0.3, 0.4) is 0 Å². The van der Waals surface area contributed by atoms with E-state index in [4.69, 9.17) is 0 Å². The first-order valence-corrected chi connectivity index (χ1v) is 8.75. The number of benzene rings is 1. The zero-order valence-electron chi connectivity index (χ0n) is 13.3. The third-order valence-electron chi connectivity index (χ3n) is 3.65. The zero-order chi connectivity index (χ0) is 16.5. The van der Waals surface area contributed by atoms with E-state index in [-0.39, 0.29) is 16.7 Å². The molecule has 0 spiro atoms. The highest BCUT2D eigenvalue weighted by molar-refractivity contribution is 7.90. The van der Waals surface area contributed by atoms with Gasteiger partial charge < -0.3 is 0 Å². The van der Waals surface area contributed by atoms with Crippen LogP contribution in [0.1, 0.15) is 50.7 Å². The molecule has 0 saturated heterocycles. The van der Waals surface area contributed by atoms with Gasteiger partial charge in [-0.25, -0.2) is 12.4 Å². The Morgan fingerprint density at radius 1 is 0.909 bits per heavy atom. The Bertz CT molecular complexity index is 833. The molecule has 0 aliphatic rings. The average molecular weight is 319 g/mol. The molecule has 1 heterocycles. The van der Waals surface area contributed by atoms with Gasteiger partial charge in [0.2, 0.25) is 0 Å². The highest BCUT2D eigenvalue weighted by Crippen LogP contribution is 2.21. The van der Waals surface area contributed by atoms with E-state index in [1.807, 2.05) is 33.8 Å². The van der Waals surface area contributed by atoms with Gasteiger partial charge in [-0.3, -0.25) is 4.79 Å². The van der Waals surface area contributed by atoms with E-state index in [0.717, 1.165) is 15.1 Å². The summed E-state index contributed by atoms with van der Waals surface area (Å²) >= 11 is 0. The summed E-state index contributed by atoms with van der Waals surface area (Å²) in [7, 11) is -3.88. The standard InChI is InChI=1S/C17H21NO3S/c1-12(2)14-6-5-7-16(10-14)22(20,21)18-11-15(13(3)4)8-9-17(18)19/h5-13H,1-4H3. The molecule has 0 amide bonds. The molecular weight excluding hydrogens is 298 g/mol. The molecule has 4 nitrogen and oxygen atoms in total. The van der Waals surface area contributed by atoms with Gasteiger partial charge in [0.15, 0.2) is 0 Å². The Labute approximate surface area is 131 Å². The molecule has 1 aromatic heterocycles. The first-order chi connectivity index (χ1) is 10.2. The van der Waals surface area contributed by atoms with Crippen LogP contribution in [0, 0.1) is 0 Å². The van der Waals surface area contributed by atoms with E-state index in [1.54, 1.807) is 18.2 Å². The van der Waals surface area contributed by atoms with Crippen molar-refractivity contribution in [2.45, 2.75) is 44.4 Å². The van der Waals surface area contributed by atoms with Crippen molar-refractivity contribution in [1.29, 1.82) is 0 Å². The van der Waals surface area contributed by atoms with Gasteiger partial charge >= 0.3 is 0 Å². The summed E-state index contributed by atoms with van der Waals surface area (Å²) in [6.45, 7) is 7.90. The molecule has 0 saturated carbocycles. The van der Waals surface area contributed by atoms with E-state index < -0.39 is 15.6 Å². The SMILES string of the molecule is CC(C)c1cccc(S(=O)(=O)n2cc(C(C)C)ccc2=O)c1. The maximum Gasteiger partial charge on any atom is 0.270 e. The largest absolute Gasteiger partial charge is 0.270 e. The zero-order valence-corrected chi connectivity index (χ0v) is 14.1. The van der Waals surface area contributed by atoms with Crippen LogP contribution in [0.2, 0.25) is 0 Å². The Morgan fingerprint density at radius 2 is 1.55 bits per heavy atom. The third-order valence-corrected chi connectivity index (χ3v) is 5.30. The van der Waals surface area contributed by atoms with Crippen LogP contribution in [-0.4, -0.2) is 12.4 Å². The summed E-state index contributed by atoms with van der Waals surface area (Å²) in [5, 5.41) is 0. The molecule has 118 valence electrons. The minimum absolute atomic E-state index is 0.140. The lowest BCUT2D eigenvalue weighted by Gasteiger charge is -2.13. The minimum Gasteiger partial charge on any atom is -0.268 e. The van der Waals surface area contributed by atoms with Crippen molar-refractivity contribution in [3.63, 3.8) is 0 Å². The number of aromatic nitrogens is 1. The Balaban J connectivity index is 2.63. The fourth-order valence-electron chi connectivity index (χ4n) is 2.16. The third kappa shape index (κ3) is 3.14. The van der Waals surface area contributed by atoms with Crippen LogP contribution in [0.25, 0.3) is 0 Å². The smallest absolute Gasteiger partial charge is 0.268 e. The fraction of sp³-hybridized carbons (Fsp3) is 0.353. The molecule has 1 aromatic carbocycles. The van der Waals surface area contributed by atoms with Crippen molar-refractivity contribution >= 4 is 10.0 Å². The molecule has 22 heavy (non-hydrogen) atoms. The predicted molar refractivity (Wildman–Crippen MR) is 87.9 cm³/mol. The molecule has 0 atom stereocenters. The van der Waals surface area contributed by atoms with Crippen LogP contribution >= 0.6 is 0 Å². The maximum absolute atomic E-state index is 12.8. The number of nitrogens with zero attached hydrogens (tertiary/aromatic N) is 1. The quantitative estimate of drug-likeness (QED) is 0.868. The first-order valence-electron chi connectivity index (χ1n) is 7.31. The second-order valence-corrected chi connectivity index (χ2v) is 7.80. The minimum atomic E-state index is -3.88. The van der Waals surface area contributed by atoms with Gasteiger partial charge in [0, 0.05) is 12.3 Å². The van der Waals surface area contributed by atoms with Crippen molar-refractivity contribution in [2.75, 3.05) is 0 Å². The second kappa shape index (κ2) is 6.08. The normalized spacial score (nSPS) is 12.1. The second-order valence-electron chi connectivity index (χ2n) is 5.98. The van der Waals surface area contributed by atoms with Gasteiger partial charge in [-0.1, -0.05) is 45.9 Å². The molecule has 2 rings (SSSR count). The van der Waals surface area contributed by atoms with Gasteiger partial charge in [0.1, 0.15) is 0 Å². The van der Waals surface area contributed by atoms with Crippen molar-refractivity contribution in [3.8, 4) is 0 Å². The molecule has 0 N–H and O–H groups in total. The van der Waals surface area contributed by atoms with E-state index in [1.165, 1.54) is 18.3 Å². The van der Waals surface area contributed by atoms with Crippen molar-refractivity contribution in [2.24, 2.45) is 0 Å². The van der Waals surface area contributed by atoms with Crippen molar-refractivity contribution in [3.05, 3.63) is 64.1 Å². The molecular formula is C17H21NO3S. The summed E-state index contributed by atoms with van der Waals surface area (Å²) in [5.74, 6) is 0.359. The Hall–Kier alpha value is -1.88. The number of rotatable bonds is 4. The van der Waals surface area contributed by atoms with Crippen LogP contribution in [0.4, 0.5) is 0 Å². The van der Waals surface area contributed by atoms with Crippen LogP contribution in [-0.2, 0) is 10.0 Å². The topological polar surface area (TPSA) is 56.1 Å². The van der Waals surface area contributed by atoms with Crippen LogP contribution < -0.4 is 5.56 Å². The van der Waals surface area contributed by atoms with Gasteiger partial charge in [0.05, 0.1) is 4.90 Å². The molecule has 5 heteroatoms. The lowest BCUT2D eigenvalue weighted by atomic mass is 10.0. The molecule has 0 radical (unpaired) electrons. The van der Waals surface area contributed by atoms with Crippen molar-refractivity contribution < 1.29 is 8.42 Å².